The van der Waals surface area contributed by atoms with Crippen molar-refractivity contribution in [3.05, 3.63) is 35.3 Å². The van der Waals surface area contributed by atoms with Crippen molar-refractivity contribution in [1.29, 1.82) is 5.26 Å². The monoisotopic (exact) mass is 537 g/mol. The Morgan fingerprint density at radius 3 is 2.63 bits per heavy atom. The highest BCUT2D eigenvalue weighted by Crippen LogP contribution is 2.49. The number of piperidine rings is 3. The second-order valence-electron chi connectivity index (χ2n) is 10.1. The van der Waals surface area contributed by atoms with Gasteiger partial charge in [0, 0.05) is 36.4 Å². The molecule has 13 heteroatoms. The molecule has 3 saturated heterocycles. The van der Waals surface area contributed by atoms with Gasteiger partial charge in [0.15, 0.2) is 11.6 Å². The van der Waals surface area contributed by atoms with Gasteiger partial charge in [0.2, 0.25) is 11.8 Å². The minimum atomic E-state index is -3.27. The van der Waals surface area contributed by atoms with Crippen LogP contribution in [0.4, 0.5) is 22.0 Å². The lowest BCUT2D eigenvalue weighted by Gasteiger charge is -2.53. The van der Waals surface area contributed by atoms with E-state index in [0.717, 1.165) is 11.0 Å². The largest absolute Gasteiger partial charge is 0.356 e. The highest BCUT2D eigenvalue weighted by Gasteiger charge is 2.60. The van der Waals surface area contributed by atoms with Crippen LogP contribution < -0.4 is 10.6 Å². The van der Waals surface area contributed by atoms with Crippen molar-refractivity contribution in [2.24, 2.45) is 11.8 Å². The second kappa shape index (κ2) is 9.56. The first-order valence-electron chi connectivity index (χ1n) is 12.4. The number of carbonyl (C=O) groups is 3. The summed E-state index contributed by atoms with van der Waals surface area (Å²) in [6.07, 6.45) is 0.601. The second-order valence-corrected chi connectivity index (χ2v) is 10.1. The van der Waals surface area contributed by atoms with Gasteiger partial charge in [0.05, 0.1) is 17.5 Å². The minimum absolute atomic E-state index is 0.0225. The molecule has 3 amide bonds. The lowest BCUT2D eigenvalue weighted by molar-refractivity contribution is -0.179. The number of amides is 3. The molecular weight excluding hydrogens is 513 g/mol. The number of fused-ring (bicyclic) bond motifs is 4. The molecule has 3 N–H and O–H groups in total. The van der Waals surface area contributed by atoms with E-state index in [1.54, 1.807) is 0 Å². The van der Waals surface area contributed by atoms with Gasteiger partial charge in [-0.25, -0.2) is 22.0 Å². The van der Waals surface area contributed by atoms with Crippen LogP contribution in [0.15, 0.2) is 12.1 Å². The predicted octanol–water partition coefficient (Wildman–Crippen LogP) is 3.14. The van der Waals surface area contributed by atoms with Crippen molar-refractivity contribution in [3.63, 3.8) is 0 Å². The number of nitrogens with one attached hydrogen (secondary N) is 3. The van der Waals surface area contributed by atoms with Gasteiger partial charge in [-0.3, -0.25) is 14.4 Å². The smallest absolute Gasteiger partial charge is 0.271 e. The zero-order valence-electron chi connectivity index (χ0n) is 20.0. The van der Waals surface area contributed by atoms with Gasteiger partial charge in [-0.2, -0.15) is 5.26 Å². The maximum atomic E-state index is 14.9. The third kappa shape index (κ3) is 4.35. The Morgan fingerprint density at radius 2 is 1.95 bits per heavy atom. The Labute approximate surface area is 213 Å². The van der Waals surface area contributed by atoms with Crippen molar-refractivity contribution in [3.8, 4) is 6.07 Å². The molecule has 2 bridgehead atoms. The summed E-state index contributed by atoms with van der Waals surface area (Å²) in [5.74, 6) is -11.6. The molecule has 0 spiro atoms. The summed E-state index contributed by atoms with van der Waals surface area (Å²) in [5, 5.41) is 14.3. The fraction of sp³-hybridized carbons (Fsp3) is 0.520. The van der Waals surface area contributed by atoms with Gasteiger partial charge in [-0.05, 0) is 38.2 Å². The van der Waals surface area contributed by atoms with Crippen molar-refractivity contribution < 1.29 is 36.3 Å². The minimum Gasteiger partial charge on any atom is -0.356 e. The summed E-state index contributed by atoms with van der Waals surface area (Å²) in [5.41, 5.74) is -0.998. The summed E-state index contributed by atoms with van der Waals surface area (Å²) < 4.78 is 72.0. The average molecular weight is 537 g/mol. The first kappa shape index (κ1) is 25.9. The van der Waals surface area contributed by atoms with Crippen molar-refractivity contribution >= 4 is 28.6 Å². The molecule has 4 fully saturated rings. The Morgan fingerprint density at radius 1 is 1.18 bits per heavy atom. The molecule has 0 unspecified atom stereocenters. The van der Waals surface area contributed by atoms with Crippen molar-refractivity contribution in [1.82, 2.24) is 20.5 Å². The van der Waals surface area contributed by atoms with E-state index in [2.05, 4.69) is 15.6 Å². The number of rotatable bonds is 5. The van der Waals surface area contributed by atoms with E-state index in [9.17, 15) is 41.6 Å². The lowest BCUT2D eigenvalue weighted by atomic mass is 9.71. The van der Waals surface area contributed by atoms with E-state index in [1.165, 1.54) is 0 Å². The number of aromatic amines is 1. The number of hydrogen-bond acceptors (Lipinski definition) is 4. The van der Waals surface area contributed by atoms with E-state index < -0.39 is 88.2 Å². The van der Waals surface area contributed by atoms with E-state index in [1.807, 2.05) is 6.07 Å². The molecule has 38 heavy (non-hydrogen) atoms. The topological polar surface area (TPSA) is 118 Å². The molecule has 6 rings (SSSR count). The van der Waals surface area contributed by atoms with Crippen LogP contribution in [-0.4, -0.2) is 58.2 Å². The molecule has 202 valence electrons. The first-order chi connectivity index (χ1) is 18.0. The van der Waals surface area contributed by atoms with Gasteiger partial charge >= 0.3 is 0 Å². The molecule has 2 aromatic rings. The van der Waals surface area contributed by atoms with Crippen LogP contribution in [0.25, 0.3) is 10.9 Å². The molecule has 3 aliphatic heterocycles. The highest BCUT2D eigenvalue weighted by molar-refractivity contribution is 6.01. The van der Waals surface area contributed by atoms with Crippen LogP contribution >= 0.6 is 0 Å². The standard InChI is InChI=1S/C25H24F5N5O3/c26-16-8-17(27)19(28)20-14(16)7-18(34-20)24(38)35-13-3-4-15(25(29,30)9-13)21(35)23(37)33-12(10-31)6-11-2-1-5-32-22(11)36/h7-8,11-13,15,21,34H,1-6,9H2,(H,32,36)(H,33,37)/t11-,12+,13+,15+,21-/m1/s1. The summed E-state index contributed by atoms with van der Waals surface area (Å²) in [4.78, 5) is 42.3. The average Bonchev–Trinajstić information content (AvgIpc) is 3.33. The Balaban J connectivity index is 1.44. The number of nitrogens with zero attached hydrogens (tertiary/aromatic N) is 2. The van der Waals surface area contributed by atoms with Crippen LogP contribution in [0.3, 0.4) is 0 Å². The fourth-order valence-corrected chi connectivity index (χ4v) is 5.99. The van der Waals surface area contributed by atoms with Crippen molar-refractivity contribution in [2.75, 3.05) is 6.54 Å². The number of hydrogen-bond donors (Lipinski definition) is 3. The molecule has 1 aliphatic carbocycles. The summed E-state index contributed by atoms with van der Waals surface area (Å²) in [6, 6.07) is -0.723. The maximum Gasteiger partial charge on any atom is 0.271 e. The number of aromatic nitrogens is 1. The summed E-state index contributed by atoms with van der Waals surface area (Å²) >= 11 is 0. The Hall–Kier alpha value is -3.69. The lowest BCUT2D eigenvalue weighted by Crippen LogP contribution is -2.68. The number of carbonyl (C=O) groups excluding carboxylic acids is 3. The van der Waals surface area contributed by atoms with Crippen LogP contribution in [0, 0.1) is 40.6 Å². The molecule has 8 nitrogen and oxygen atoms in total. The van der Waals surface area contributed by atoms with Gasteiger partial charge in [0.25, 0.3) is 11.8 Å². The third-order valence-corrected chi connectivity index (χ3v) is 7.82. The van der Waals surface area contributed by atoms with Crippen molar-refractivity contribution in [2.45, 2.75) is 62.6 Å². The molecular formula is C25H24F5N5O3. The van der Waals surface area contributed by atoms with Crippen LogP contribution in [0.2, 0.25) is 0 Å². The third-order valence-electron chi connectivity index (χ3n) is 7.82. The van der Waals surface area contributed by atoms with Gasteiger partial charge in [0.1, 0.15) is 23.6 Å². The SMILES string of the molecule is N#C[C@H](C[C@H]1CCCNC1=O)NC(=O)[C@H]1[C@@H]2CC[C@@H](CC2(F)F)N1C(=O)c1cc2c(F)cc(F)c(F)c2[nH]1. The quantitative estimate of drug-likeness (QED) is 0.401. The number of benzene rings is 1. The Bertz CT molecular complexity index is 1360. The van der Waals surface area contributed by atoms with E-state index >= 15 is 0 Å². The zero-order valence-corrected chi connectivity index (χ0v) is 20.0. The predicted molar refractivity (Wildman–Crippen MR) is 122 cm³/mol. The maximum absolute atomic E-state index is 14.9. The Kier molecular flexibility index (Phi) is 6.53. The van der Waals surface area contributed by atoms with Crippen LogP contribution in [0.5, 0.6) is 0 Å². The van der Waals surface area contributed by atoms with Gasteiger partial charge in [-0.15, -0.1) is 0 Å². The van der Waals surface area contributed by atoms with Crippen LogP contribution in [0.1, 0.15) is 49.0 Å². The van der Waals surface area contributed by atoms with E-state index in [4.69, 9.17) is 0 Å². The summed E-state index contributed by atoms with van der Waals surface area (Å²) in [7, 11) is 0. The molecule has 4 heterocycles. The molecule has 0 radical (unpaired) electrons. The first-order valence-corrected chi connectivity index (χ1v) is 12.4. The molecule has 4 aliphatic rings. The highest BCUT2D eigenvalue weighted by atomic mass is 19.3. The van der Waals surface area contributed by atoms with E-state index in [0.29, 0.717) is 25.5 Å². The van der Waals surface area contributed by atoms with E-state index in [-0.39, 0.29) is 25.2 Å². The zero-order chi connectivity index (χ0) is 27.4. The number of H-pyrrole nitrogens is 1. The molecule has 1 saturated carbocycles. The fourth-order valence-electron chi connectivity index (χ4n) is 5.99. The van der Waals surface area contributed by atoms with Gasteiger partial charge in [-0.1, -0.05) is 0 Å². The number of halogens is 5. The number of nitriles is 1. The molecule has 1 aromatic carbocycles. The molecule has 5 atom stereocenters. The molecule has 1 aromatic heterocycles. The number of alkyl halides is 2. The van der Waals surface area contributed by atoms with Gasteiger partial charge < -0.3 is 20.5 Å². The normalized spacial score (nSPS) is 27.1. The van der Waals surface area contributed by atoms with Crippen LogP contribution in [-0.2, 0) is 9.59 Å². The summed E-state index contributed by atoms with van der Waals surface area (Å²) in [6.45, 7) is 0.504.